The van der Waals surface area contributed by atoms with Crippen LogP contribution in [0.3, 0.4) is 0 Å². The van der Waals surface area contributed by atoms with E-state index in [1.165, 1.54) is 6.33 Å². The van der Waals surface area contributed by atoms with Gasteiger partial charge >= 0.3 is 0 Å². The van der Waals surface area contributed by atoms with Gasteiger partial charge in [-0.05, 0) is 12.3 Å². The summed E-state index contributed by atoms with van der Waals surface area (Å²) < 4.78 is 0. The molecule has 1 aromatic heterocycles. The fourth-order valence-electron chi connectivity index (χ4n) is 1.41. The Kier molecular flexibility index (Phi) is 3.83. The van der Waals surface area contributed by atoms with E-state index in [0.29, 0.717) is 0 Å². The lowest BCUT2D eigenvalue weighted by Crippen LogP contribution is -2.09. The molecule has 0 spiro atoms. The summed E-state index contributed by atoms with van der Waals surface area (Å²) in [7, 11) is 0. The van der Waals surface area contributed by atoms with Crippen LogP contribution in [-0.4, -0.2) is 15.1 Å². The van der Waals surface area contributed by atoms with Crippen LogP contribution in [0.4, 0.5) is 0 Å². The molecule has 0 bridgehead atoms. The normalized spacial score (nSPS) is 15.3. The Morgan fingerprint density at radius 2 is 2.00 bits per heavy atom. The summed E-state index contributed by atoms with van der Waals surface area (Å²) >= 11 is 0. The van der Waals surface area contributed by atoms with Crippen molar-refractivity contribution in [1.29, 1.82) is 0 Å². The third-order valence-electron chi connectivity index (χ3n) is 2.21. The molecule has 0 radical (unpaired) electrons. The topological polar surface area (TPSA) is 46.0 Å². The summed E-state index contributed by atoms with van der Waals surface area (Å²) in [6.45, 7) is 4.16. The summed E-state index contributed by atoms with van der Waals surface area (Å²) in [5.41, 5.74) is 0.809. The van der Waals surface area contributed by atoms with Gasteiger partial charge in [-0.3, -0.25) is 0 Å². The van der Waals surface area contributed by atoms with Gasteiger partial charge in [0, 0.05) is 18.0 Å². The minimum absolute atomic E-state index is 0.274. The summed E-state index contributed by atoms with van der Waals surface area (Å²) in [6, 6.07) is 0. The summed E-state index contributed by atoms with van der Waals surface area (Å²) in [6.07, 6.45) is 6.50. The molecule has 0 aliphatic heterocycles. The molecule has 1 rings (SSSR count). The molecule has 0 aliphatic carbocycles. The van der Waals surface area contributed by atoms with Gasteiger partial charge in [-0.25, -0.2) is 9.97 Å². The van der Waals surface area contributed by atoms with Crippen LogP contribution < -0.4 is 0 Å². The van der Waals surface area contributed by atoms with Crippen LogP contribution in [-0.2, 0) is 0 Å². The summed E-state index contributed by atoms with van der Waals surface area (Å²) in [5, 5.41) is 9.84. The van der Waals surface area contributed by atoms with Crippen molar-refractivity contribution in [2.45, 2.75) is 32.8 Å². The molecule has 72 valence electrons. The molecule has 1 N–H and O–H groups in total. The average Bonchev–Trinajstić information content (AvgIpc) is 2.18. The number of aliphatic hydroxyl groups is 1. The van der Waals surface area contributed by atoms with Crippen LogP contribution in [0.1, 0.15) is 38.4 Å². The highest BCUT2D eigenvalue weighted by molar-refractivity contribution is 5.07. The molecule has 0 saturated heterocycles. The lowest BCUT2D eigenvalue weighted by molar-refractivity contribution is 0.111. The van der Waals surface area contributed by atoms with Crippen molar-refractivity contribution in [2.24, 2.45) is 5.92 Å². The fourth-order valence-corrected chi connectivity index (χ4v) is 1.41. The highest BCUT2D eigenvalue weighted by Gasteiger charge is 2.15. The molecule has 0 amide bonds. The van der Waals surface area contributed by atoms with Gasteiger partial charge in [0.2, 0.25) is 0 Å². The quantitative estimate of drug-likeness (QED) is 0.770. The zero-order valence-electron chi connectivity index (χ0n) is 8.14. The van der Waals surface area contributed by atoms with Crippen LogP contribution in [0.5, 0.6) is 0 Å². The predicted molar refractivity (Wildman–Crippen MR) is 51.1 cm³/mol. The van der Waals surface area contributed by atoms with E-state index in [1.54, 1.807) is 12.4 Å². The molecule has 3 nitrogen and oxygen atoms in total. The van der Waals surface area contributed by atoms with Crippen molar-refractivity contribution in [3.63, 3.8) is 0 Å². The monoisotopic (exact) mass is 180 g/mol. The molecule has 0 saturated carbocycles. The fraction of sp³-hybridized carbons (Fsp3) is 0.600. The molecule has 1 heterocycles. The van der Waals surface area contributed by atoms with Crippen LogP contribution in [0.2, 0.25) is 0 Å². The van der Waals surface area contributed by atoms with Crippen molar-refractivity contribution < 1.29 is 5.11 Å². The molecule has 2 atom stereocenters. The zero-order chi connectivity index (χ0) is 9.68. The first kappa shape index (κ1) is 10.1. The number of rotatable bonds is 4. The Morgan fingerprint density at radius 3 is 2.54 bits per heavy atom. The second kappa shape index (κ2) is 4.92. The average molecular weight is 180 g/mol. The highest BCUT2D eigenvalue weighted by atomic mass is 16.3. The standard InChI is InChI=1S/C10H16N2O/c1-3-4-8(2)10(13)9-5-11-7-12-6-9/h5-8,10,13H,3-4H2,1-2H3. The lowest BCUT2D eigenvalue weighted by atomic mass is 9.95. The maximum absolute atomic E-state index is 9.84. The first-order chi connectivity index (χ1) is 6.25. The third kappa shape index (κ3) is 2.77. The number of nitrogens with zero attached hydrogens (tertiary/aromatic N) is 2. The molecule has 1 aromatic rings. The van der Waals surface area contributed by atoms with Crippen LogP contribution in [0.25, 0.3) is 0 Å². The van der Waals surface area contributed by atoms with E-state index in [0.717, 1.165) is 18.4 Å². The van der Waals surface area contributed by atoms with Gasteiger partial charge in [-0.2, -0.15) is 0 Å². The Balaban J connectivity index is 2.62. The molecule has 3 heteroatoms. The molecule has 0 aliphatic rings. The van der Waals surface area contributed by atoms with Crippen molar-refractivity contribution in [1.82, 2.24) is 9.97 Å². The van der Waals surface area contributed by atoms with E-state index in [9.17, 15) is 5.11 Å². The lowest BCUT2D eigenvalue weighted by Gasteiger charge is -2.17. The Hall–Kier alpha value is -0.960. The predicted octanol–water partition coefficient (Wildman–Crippen LogP) is 1.95. The Labute approximate surface area is 78.9 Å². The summed E-state index contributed by atoms with van der Waals surface area (Å²) in [4.78, 5) is 7.75. The third-order valence-corrected chi connectivity index (χ3v) is 2.21. The van der Waals surface area contributed by atoms with Crippen molar-refractivity contribution in [3.8, 4) is 0 Å². The molecule has 13 heavy (non-hydrogen) atoms. The van der Waals surface area contributed by atoms with Gasteiger partial charge < -0.3 is 5.11 Å². The van der Waals surface area contributed by atoms with Gasteiger partial charge in [0.1, 0.15) is 6.33 Å². The second-order valence-corrected chi connectivity index (χ2v) is 3.38. The van der Waals surface area contributed by atoms with Crippen molar-refractivity contribution in [3.05, 3.63) is 24.3 Å². The van der Waals surface area contributed by atoms with Crippen LogP contribution in [0.15, 0.2) is 18.7 Å². The first-order valence-electron chi connectivity index (χ1n) is 4.68. The molecular weight excluding hydrogens is 164 g/mol. The van der Waals surface area contributed by atoms with Gasteiger partial charge in [0.25, 0.3) is 0 Å². The number of aliphatic hydroxyl groups excluding tert-OH is 1. The molecule has 2 unspecified atom stereocenters. The van der Waals surface area contributed by atoms with Crippen LogP contribution >= 0.6 is 0 Å². The molecule has 0 fully saturated rings. The van der Waals surface area contributed by atoms with E-state index < -0.39 is 6.10 Å². The van der Waals surface area contributed by atoms with E-state index >= 15 is 0 Å². The number of hydrogen-bond acceptors (Lipinski definition) is 3. The Morgan fingerprint density at radius 1 is 1.38 bits per heavy atom. The minimum Gasteiger partial charge on any atom is -0.388 e. The van der Waals surface area contributed by atoms with Gasteiger partial charge in [-0.15, -0.1) is 0 Å². The number of aromatic nitrogens is 2. The minimum atomic E-state index is -0.429. The van der Waals surface area contributed by atoms with Crippen molar-refractivity contribution >= 4 is 0 Å². The highest BCUT2D eigenvalue weighted by Crippen LogP contribution is 2.23. The number of hydrogen-bond donors (Lipinski definition) is 1. The molecule has 0 aromatic carbocycles. The van der Waals surface area contributed by atoms with Gasteiger partial charge in [-0.1, -0.05) is 20.3 Å². The summed E-state index contributed by atoms with van der Waals surface area (Å²) in [5.74, 6) is 0.274. The second-order valence-electron chi connectivity index (χ2n) is 3.38. The zero-order valence-corrected chi connectivity index (χ0v) is 8.14. The van der Waals surface area contributed by atoms with E-state index in [4.69, 9.17) is 0 Å². The largest absolute Gasteiger partial charge is 0.388 e. The molecular formula is C10H16N2O. The maximum atomic E-state index is 9.84. The van der Waals surface area contributed by atoms with E-state index in [1.807, 2.05) is 6.92 Å². The first-order valence-corrected chi connectivity index (χ1v) is 4.68. The van der Waals surface area contributed by atoms with E-state index in [-0.39, 0.29) is 5.92 Å². The van der Waals surface area contributed by atoms with Crippen molar-refractivity contribution in [2.75, 3.05) is 0 Å². The SMILES string of the molecule is CCCC(C)C(O)c1cncnc1. The smallest absolute Gasteiger partial charge is 0.115 e. The Bertz CT molecular complexity index is 238. The van der Waals surface area contributed by atoms with E-state index in [2.05, 4.69) is 16.9 Å². The van der Waals surface area contributed by atoms with Gasteiger partial charge in [0.15, 0.2) is 0 Å². The van der Waals surface area contributed by atoms with Crippen LogP contribution in [0, 0.1) is 5.92 Å². The maximum Gasteiger partial charge on any atom is 0.115 e. The van der Waals surface area contributed by atoms with Gasteiger partial charge in [0.05, 0.1) is 6.10 Å².